The molecule has 0 saturated carbocycles. The molecule has 0 aromatic heterocycles. The third-order valence-corrected chi connectivity index (χ3v) is 2.75. The fourth-order valence-corrected chi connectivity index (χ4v) is 1.85. The quantitative estimate of drug-likeness (QED) is 0.788. The predicted molar refractivity (Wildman–Crippen MR) is 61.1 cm³/mol. The Kier molecular flexibility index (Phi) is 3.08. The summed E-state index contributed by atoms with van der Waals surface area (Å²) in [7, 11) is 0. The van der Waals surface area contributed by atoms with E-state index in [1.165, 1.54) is 18.2 Å². The molecule has 17 heavy (non-hydrogen) atoms. The molecule has 0 atom stereocenters. The number of hydrogen-bond acceptors (Lipinski definition) is 2. The van der Waals surface area contributed by atoms with Crippen molar-refractivity contribution in [1.29, 1.82) is 0 Å². The van der Waals surface area contributed by atoms with Crippen LogP contribution in [0.2, 0.25) is 0 Å². The second-order valence-corrected chi connectivity index (χ2v) is 3.82. The number of nitrogens with zero attached hydrogens (tertiary/aromatic N) is 2. The van der Waals surface area contributed by atoms with Gasteiger partial charge in [-0.2, -0.15) is 0 Å². The Morgan fingerprint density at radius 2 is 2.12 bits per heavy atom. The van der Waals surface area contributed by atoms with Crippen molar-refractivity contribution < 1.29 is 14.0 Å². The van der Waals surface area contributed by atoms with Gasteiger partial charge in [0, 0.05) is 19.5 Å². The number of carbonyl (C=O) groups excluding carboxylic acids is 2. The van der Waals surface area contributed by atoms with Crippen molar-refractivity contribution in [2.75, 3.05) is 18.0 Å². The largest absolute Gasteiger partial charge is 0.331 e. The van der Waals surface area contributed by atoms with Crippen LogP contribution < -0.4 is 4.90 Å². The van der Waals surface area contributed by atoms with Crippen LogP contribution in [0.4, 0.5) is 14.9 Å². The summed E-state index contributed by atoms with van der Waals surface area (Å²) in [6, 6.07) is 5.12. The molecule has 1 aromatic rings. The molecule has 1 fully saturated rings. The Balaban J connectivity index is 2.34. The van der Waals surface area contributed by atoms with Crippen LogP contribution in [0.25, 0.3) is 0 Å². The lowest BCUT2D eigenvalue weighted by Gasteiger charge is -2.33. The van der Waals surface area contributed by atoms with E-state index in [0.29, 0.717) is 13.1 Å². The van der Waals surface area contributed by atoms with Gasteiger partial charge in [0.05, 0.1) is 5.69 Å². The van der Waals surface area contributed by atoms with Crippen molar-refractivity contribution in [1.82, 2.24) is 4.90 Å². The minimum absolute atomic E-state index is 0.274. The summed E-state index contributed by atoms with van der Waals surface area (Å²) in [6.07, 6.45) is 0.274. The van der Waals surface area contributed by atoms with Gasteiger partial charge in [-0.1, -0.05) is 6.07 Å². The third-order valence-electron chi connectivity index (χ3n) is 2.75. The minimum Gasteiger partial charge on any atom is -0.324 e. The maximum Gasteiger partial charge on any atom is 0.331 e. The Labute approximate surface area is 98.6 Å². The summed E-state index contributed by atoms with van der Waals surface area (Å²) < 4.78 is 13.1. The third kappa shape index (κ3) is 2.13. The summed E-state index contributed by atoms with van der Waals surface area (Å²) in [5, 5.41) is 0. The first-order valence-electron chi connectivity index (χ1n) is 5.51. The van der Waals surface area contributed by atoms with Crippen LogP contribution in [0.15, 0.2) is 24.3 Å². The lowest BCUT2D eigenvalue weighted by atomic mass is 10.2. The summed E-state index contributed by atoms with van der Waals surface area (Å²) in [4.78, 5) is 26.3. The molecule has 4 nitrogen and oxygen atoms in total. The Hall–Kier alpha value is -1.91. The van der Waals surface area contributed by atoms with Crippen LogP contribution in [0.1, 0.15) is 13.3 Å². The monoisotopic (exact) mass is 236 g/mol. The average molecular weight is 236 g/mol. The highest BCUT2D eigenvalue weighted by atomic mass is 19.1. The number of hydrogen-bond donors (Lipinski definition) is 0. The molecule has 1 aliphatic rings. The van der Waals surface area contributed by atoms with E-state index in [1.54, 1.807) is 11.0 Å². The van der Waals surface area contributed by atoms with Crippen LogP contribution in [-0.2, 0) is 4.79 Å². The van der Waals surface area contributed by atoms with E-state index in [4.69, 9.17) is 0 Å². The molecule has 1 saturated heterocycles. The van der Waals surface area contributed by atoms with Gasteiger partial charge < -0.3 is 4.90 Å². The van der Waals surface area contributed by atoms with E-state index in [1.807, 2.05) is 6.92 Å². The lowest BCUT2D eigenvalue weighted by Crippen LogP contribution is -2.52. The van der Waals surface area contributed by atoms with Crippen LogP contribution in [0, 0.1) is 5.82 Å². The highest BCUT2D eigenvalue weighted by molar-refractivity contribution is 6.15. The summed E-state index contributed by atoms with van der Waals surface area (Å²) >= 11 is 0. The molecule has 0 aliphatic carbocycles. The molecule has 90 valence electrons. The topological polar surface area (TPSA) is 40.6 Å². The average Bonchev–Trinajstić information content (AvgIpc) is 2.29. The number of anilines is 1. The standard InChI is InChI=1S/C12H13FN2O2/c1-2-14-7-6-11(16)15(12(14)17)10-5-3-4-9(13)8-10/h3-5,8H,2,6-7H2,1H3. The molecule has 1 heterocycles. The minimum atomic E-state index is -0.461. The van der Waals surface area contributed by atoms with Crippen LogP contribution >= 0.6 is 0 Å². The zero-order valence-corrected chi connectivity index (χ0v) is 9.52. The number of halogens is 1. The van der Waals surface area contributed by atoms with E-state index in [0.717, 1.165) is 4.90 Å². The second kappa shape index (κ2) is 4.53. The molecule has 1 aliphatic heterocycles. The molecule has 0 N–H and O–H groups in total. The Bertz CT molecular complexity index is 462. The first-order valence-corrected chi connectivity index (χ1v) is 5.51. The molecular formula is C12H13FN2O2. The van der Waals surface area contributed by atoms with Gasteiger partial charge in [0.2, 0.25) is 5.91 Å². The molecule has 5 heteroatoms. The molecule has 0 unspecified atom stereocenters. The summed E-state index contributed by atoms with van der Waals surface area (Å²) in [5.41, 5.74) is 0.290. The van der Waals surface area contributed by atoms with Gasteiger partial charge in [0.25, 0.3) is 0 Å². The van der Waals surface area contributed by atoms with Gasteiger partial charge in [0.15, 0.2) is 0 Å². The maximum absolute atomic E-state index is 13.1. The van der Waals surface area contributed by atoms with Gasteiger partial charge in [-0.25, -0.2) is 14.1 Å². The Morgan fingerprint density at radius 1 is 1.35 bits per heavy atom. The van der Waals surface area contributed by atoms with Gasteiger partial charge in [0.1, 0.15) is 5.82 Å². The molecule has 1 aromatic carbocycles. The van der Waals surface area contributed by atoms with Crippen molar-refractivity contribution in [2.45, 2.75) is 13.3 Å². The molecular weight excluding hydrogens is 223 g/mol. The smallest absolute Gasteiger partial charge is 0.324 e. The van der Waals surface area contributed by atoms with Gasteiger partial charge in [-0.15, -0.1) is 0 Å². The van der Waals surface area contributed by atoms with Crippen LogP contribution in [-0.4, -0.2) is 29.9 Å². The number of amides is 3. The van der Waals surface area contributed by atoms with E-state index in [9.17, 15) is 14.0 Å². The lowest BCUT2D eigenvalue weighted by molar-refractivity contribution is -0.119. The van der Waals surface area contributed by atoms with Crippen molar-refractivity contribution >= 4 is 17.6 Å². The van der Waals surface area contributed by atoms with Gasteiger partial charge in [-0.3, -0.25) is 4.79 Å². The Morgan fingerprint density at radius 3 is 2.76 bits per heavy atom. The number of imide groups is 1. The van der Waals surface area contributed by atoms with E-state index in [2.05, 4.69) is 0 Å². The fourth-order valence-electron chi connectivity index (χ4n) is 1.85. The summed E-state index contributed by atoms with van der Waals surface area (Å²) in [5.74, 6) is -0.748. The number of carbonyl (C=O) groups is 2. The van der Waals surface area contributed by atoms with Crippen molar-refractivity contribution in [3.63, 3.8) is 0 Å². The highest BCUT2D eigenvalue weighted by Gasteiger charge is 2.32. The first kappa shape index (κ1) is 11.6. The normalized spacial score (nSPS) is 16.6. The van der Waals surface area contributed by atoms with Crippen molar-refractivity contribution in [2.24, 2.45) is 0 Å². The number of rotatable bonds is 2. The van der Waals surface area contributed by atoms with E-state index < -0.39 is 5.82 Å². The van der Waals surface area contributed by atoms with Crippen molar-refractivity contribution in [3.8, 4) is 0 Å². The van der Waals surface area contributed by atoms with Crippen LogP contribution in [0.5, 0.6) is 0 Å². The maximum atomic E-state index is 13.1. The van der Waals surface area contributed by atoms with Gasteiger partial charge >= 0.3 is 6.03 Å². The molecule has 3 amide bonds. The van der Waals surface area contributed by atoms with Crippen LogP contribution in [0.3, 0.4) is 0 Å². The second-order valence-electron chi connectivity index (χ2n) is 3.82. The molecule has 0 spiro atoms. The number of urea groups is 1. The highest BCUT2D eigenvalue weighted by Crippen LogP contribution is 2.21. The predicted octanol–water partition coefficient (Wildman–Crippen LogP) is 2.00. The zero-order chi connectivity index (χ0) is 12.4. The number of benzene rings is 1. The van der Waals surface area contributed by atoms with E-state index >= 15 is 0 Å². The first-order chi connectivity index (χ1) is 8.13. The van der Waals surface area contributed by atoms with E-state index in [-0.39, 0.29) is 24.0 Å². The zero-order valence-electron chi connectivity index (χ0n) is 9.52. The van der Waals surface area contributed by atoms with Gasteiger partial charge in [-0.05, 0) is 25.1 Å². The molecule has 0 radical (unpaired) electrons. The summed E-state index contributed by atoms with van der Waals surface area (Å²) in [6.45, 7) is 2.81. The molecule has 0 bridgehead atoms. The van der Waals surface area contributed by atoms with Crippen molar-refractivity contribution in [3.05, 3.63) is 30.1 Å². The molecule has 2 rings (SSSR count). The SMILES string of the molecule is CCN1CCC(=O)N(c2cccc(F)c2)C1=O. The fraction of sp³-hybridized carbons (Fsp3) is 0.333.